The second-order valence-electron chi connectivity index (χ2n) is 7.44. The Hall–Kier alpha value is -3.44. The first-order valence-electron chi connectivity index (χ1n) is 9.90. The molecule has 1 saturated heterocycles. The van der Waals surface area contributed by atoms with E-state index in [1.807, 2.05) is 0 Å². The molecule has 6 nitrogen and oxygen atoms in total. The maximum Gasteiger partial charge on any atom is 0.416 e. The fourth-order valence-electron chi connectivity index (χ4n) is 3.27. The molecule has 3 N–H and O–H groups in total. The van der Waals surface area contributed by atoms with Crippen LogP contribution in [0.4, 0.5) is 47.3 Å². The van der Waals surface area contributed by atoms with Crippen molar-refractivity contribution in [2.45, 2.75) is 31.2 Å². The van der Waals surface area contributed by atoms with E-state index in [4.69, 9.17) is 0 Å². The maximum absolute atomic E-state index is 12.6. The Labute approximate surface area is 184 Å². The molecular weight excluding hydrogens is 454 g/mol. The first kappa shape index (κ1) is 24.2. The van der Waals surface area contributed by atoms with Gasteiger partial charge in [0.1, 0.15) is 0 Å². The number of nitrogens with one attached hydrogen (secondary N) is 3. The summed E-state index contributed by atoms with van der Waals surface area (Å²) in [5.41, 5.74) is -1.21. The van der Waals surface area contributed by atoms with E-state index in [9.17, 15) is 35.9 Å². The summed E-state index contributed by atoms with van der Waals surface area (Å²) in [7, 11) is 0. The van der Waals surface area contributed by atoms with Crippen LogP contribution in [-0.4, -0.2) is 36.1 Å². The summed E-state index contributed by atoms with van der Waals surface area (Å²) in [6, 6.07) is 6.81. The third-order valence-electron chi connectivity index (χ3n) is 5.05. The zero-order valence-electron chi connectivity index (χ0n) is 17.1. The number of alkyl halides is 6. The fraction of sp³-hybridized carbons (Fsp3) is 0.333. The average Bonchev–Trinajstić information content (AvgIpc) is 2.73. The Morgan fingerprint density at radius 3 is 1.58 bits per heavy atom. The molecule has 1 aliphatic rings. The van der Waals surface area contributed by atoms with Crippen molar-refractivity contribution in [3.8, 4) is 0 Å². The molecule has 0 atom stereocenters. The Morgan fingerprint density at radius 2 is 1.15 bits per heavy atom. The summed E-state index contributed by atoms with van der Waals surface area (Å²) in [6.07, 6.45) is -8.06. The second kappa shape index (κ2) is 9.59. The van der Waals surface area contributed by atoms with Gasteiger partial charge in [-0.15, -0.1) is 0 Å². The van der Waals surface area contributed by atoms with E-state index in [0.29, 0.717) is 25.9 Å². The van der Waals surface area contributed by atoms with Gasteiger partial charge in [0.2, 0.25) is 0 Å². The monoisotopic (exact) mass is 474 g/mol. The minimum absolute atomic E-state index is 0.203. The highest BCUT2D eigenvalue weighted by Crippen LogP contribution is 2.30. The van der Waals surface area contributed by atoms with Crippen LogP contribution in [0.2, 0.25) is 0 Å². The lowest BCUT2D eigenvalue weighted by molar-refractivity contribution is -0.138. The lowest BCUT2D eigenvalue weighted by Gasteiger charge is -2.32. The molecule has 178 valence electrons. The van der Waals surface area contributed by atoms with Crippen molar-refractivity contribution in [3.63, 3.8) is 0 Å². The molecule has 3 rings (SSSR count). The number of benzene rings is 2. The highest BCUT2D eigenvalue weighted by atomic mass is 19.4. The van der Waals surface area contributed by atoms with E-state index in [2.05, 4.69) is 16.0 Å². The van der Waals surface area contributed by atoms with Crippen molar-refractivity contribution in [2.24, 2.45) is 0 Å². The van der Waals surface area contributed by atoms with Gasteiger partial charge in [0, 0.05) is 30.5 Å². The van der Waals surface area contributed by atoms with E-state index in [1.54, 1.807) is 0 Å². The quantitative estimate of drug-likeness (QED) is 0.511. The van der Waals surface area contributed by atoms with Gasteiger partial charge in [-0.2, -0.15) is 26.3 Å². The van der Waals surface area contributed by atoms with Gasteiger partial charge in [0.25, 0.3) is 0 Å². The van der Waals surface area contributed by atoms with Gasteiger partial charge in [0.15, 0.2) is 0 Å². The van der Waals surface area contributed by atoms with Crippen molar-refractivity contribution in [3.05, 3.63) is 59.7 Å². The van der Waals surface area contributed by atoms with E-state index in [0.717, 1.165) is 36.4 Å². The summed E-state index contributed by atoms with van der Waals surface area (Å²) in [5, 5.41) is 7.70. The van der Waals surface area contributed by atoms with Gasteiger partial charge in [0.05, 0.1) is 11.1 Å². The van der Waals surface area contributed by atoms with Gasteiger partial charge < -0.3 is 20.9 Å². The largest absolute Gasteiger partial charge is 0.416 e. The predicted octanol–water partition coefficient (Wildman–Crippen LogP) is 5.54. The molecule has 0 bridgehead atoms. The van der Waals surface area contributed by atoms with Crippen LogP contribution in [0, 0.1) is 0 Å². The number of nitrogens with zero attached hydrogens (tertiary/aromatic N) is 1. The first-order valence-corrected chi connectivity index (χ1v) is 9.90. The number of hydrogen-bond donors (Lipinski definition) is 3. The molecule has 0 saturated carbocycles. The van der Waals surface area contributed by atoms with Crippen molar-refractivity contribution >= 4 is 23.4 Å². The highest BCUT2D eigenvalue weighted by Gasteiger charge is 2.31. The maximum atomic E-state index is 12.6. The molecule has 0 aliphatic carbocycles. The Bertz CT molecular complexity index is 966. The van der Waals surface area contributed by atoms with Gasteiger partial charge >= 0.3 is 24.4 Å². The zero-order valence-corrected chi connectivity index (χ0v) is 17.1. The third-order valence-corrected chi connectivity index (χ3v) is 5.05. The van der Waals surface area contributed by atoms with E-state index >= 15 is 0 Å². The number of carbonyl (C=O) groups is 2. The number of rotatable bonds is 3. The molecule has 4 amide bonds. The zero-order chi connectivity index (χ0) is 24.2. The molecule has 0 radical (unpaired) electrons. The number of likely N-dealkylation sites (tertiary alicyclic amines) is 1. The third kappa shape index (κ3) is 6.77. The minimum atomic E-state index is -4.46. The summed E-state index contributed by atoms with van der Waals surface area (Å²) < 4.78 is 75.6. The summed E-state index contributed by atoms with van der Waals surface area (Å²) in [4.78, 5) is 25.9. The van der Waals surface area contributed by atoms with Crippen LogP contribution in [0.5, 0.6) is 0 Å². The molecule has 1 fully saturated rings. The topological polar surface area (TPSA) is 73.5 Å². The standard InChI is InChI=1S/C21H20F6N4O2/c22-20(23,24)13-1-5-15(6-2-13)28-18(32)29-17-9-11-31(12-10-17)19(33)30-16-7-3-14(4-8-16)21(25,26)27/h1-8,17H,9-12H2,(H,30,33)(H2,28,29,32). The Balaban J connectivity index is 1.43. The van der Waals surface area contributed by atoms with Crippen LogP contribution in [0.15, 0.2) is 48.5 Å². The molecule has 0 spiro atoms. The van der Waals surface area contributed by atoms with Crippen LogP contribution < -0.4 is 16.0 Å². The van der Waals surface area contributed by atoms with Crippen LogP contribution >= 0.6 is 0 Å². The van der Waals surface area contributed by atoms with Crippen LogP contribution in [0.3, 0.4) is 0 Å². The summed E-state index contributed by atoms with van der Waals surface area (Å²) >= 11 is 0. The van der Waals surface area contributed by atoms with Crippen LogP contribution in [0.1, 0.15) is 24.0 Å². The SMILES string of the molecule is O=C(Nc1ccc(C(F)(F)F)cc1)NC1CCN(C(=O)Nc2ccc(C(F)(F)F)cc2)CC1. The van der Waals surface area contributed by atoms with Crippen molar-refractivity contribution in [1.29, 1.82) is 0 Å². The average molecular weight is 474 g/mol. The van der Waals surface area contributed by atoms with Crippen LogP contribution in [-0.2, 0) is 12.4 Å². The molecule has 1 heterocycles. The molecule has 33 heavy (non-hydrogen) atoms. The van der Waals surface area contributed by atoms with E-state index < -0.39 is 35.5 Å². The Kier molecular flexibility index (Phi) is 7.04. The van der Waals surface area contributed by atoms with E-state index in [-0.39, 0.29) is 17.4 Å². The number of hydrogen-bond acceptors (Lipinski definition) is 2. The predicted molar refractivity (Wildman–Crippen MR) is 109 cm³/mol. The number of urea groups is 2. The fourth-order valence-corrected chi connectivity index (χ4v) is 3.27. The number of halogens is 6. The number of anilines is 2. The van der Waals surface area contributed by atoms with Gasteiger partial charge in [-0.3, -0.25) is 0 Å². The highest BCUT2D eigenvalue weighted by molar-refractivity contribution is 5.90. The van der Waals surface area contributed by atoms with E-state index in [1.165, 1.54) is 17.0 Å². The van der Waals surface area contributed by atoms with Crippen molar-refractivity contribution in [2.75, 3.05) is 23.7 Å². The molecular formula is C21H20F6N4O2. The number of piperidine rings is 1. The Morgan fingerprint density at radius 1 is 0.727 bits per heavy atom. The minimum Gasteiger partial charge on any atom is -0.335 e. The molecule has 2 aromatic carbocycles. The second-order valence-corrected chi connectivity index (χ2v) is 7.44. The first-order chi connectivity index (χ1) is 15.4. The summed E-state index contributed by atoms with van der Waals surface area (Å²) in [6.45, 7) is 0.607. The molecule has 0 unspecified atom stereocenters. The number of amides is 4. The van der Waals surface area contributed by atoms with Crippen LogP contribution in [0.25, 0.3) is 0 Å². The summed E-state index contributed by atoms with van der Waals surface area (Å²) in [5.74, 6) is 0. The normalized spacial score (nSPS) is 15.2. The molecule has 2 aromatic rings. The lowest BCUT2D eigenvalue weighted by atomic mass is 10.1. The van der Waals surface area contributed by atoms with Gasteiger partial charge in [-0.1, -0.05) is 0 Å². The van der Waals surface area contributed by atoms with Crippen molar-refractivity contribution in [1.82, 2.24) is 10.2 Å². The van der Waals surface area contributed by atoms with Crippen molar-refractivity contribution < 1.29 is 35.9 Å². The number of carbonyl (C=O) groups excluding carboxylic acids is 2. The molecule has 12 heteroatoms. The smallest absolute Gasteiger partial charge is 0.335 e. The molecule has 0 aromatic heterocycles. The van der Waals surface area contributed by atoms with Gasteiger partial charge in [-0.25, -0.2) is 9.59 Å². The molecule has 1 aliphatic heterocycles. The lowest BCUT2D eigenvalue weighted by Crippen LogP contribution is -2.48. The van der Waals surface area contributed by atoms with Gasteiger partial charge in [-0.05, 0) is 61.4 Å².